The largest absolute Gasteiger partial charge is 0.377 e. The van der Waals surface area contributed by atoms with Gasteiger partial charge in [0.2, 0.25) is 11.0 Å². The predicted octanol–water partition coefficient (Wildman–Crippen LogP) is 4.29. The molecule has 1 amide bonds. The van der Waals surface area contributed by atoms with Crippen LogP contribution in [0.15, 0.2) is 70.2 Å². The highest BCUT2D eigenvalue weighted by Crippen LogP contribution is 2.28. The maximum Gasteiger partial charge on any atom is 0.236 e. The van der Waals surface area contributed by atoms with Crippen molar-refractivity contribution >= 4 is 45.9 Å². The van der Waals surface area contributed by atoms with Crippen LogP contribution in [0.1, 0.15) is 11.4 Å². The van der Waals surface area contributed by atoms with Crippen molar-refractivity contribution in [1.29, 1.82) is 0 Å². The third kappa shape index (κ3) is 5.94. The molecule has 2 heterocycles. The first kappa shape index (κ1) is 22.5. The summed E-state index contributed by atoms with van der Waals surface area (Å²) in [5, 5.41) is 20.6. The first-order valence-corrected chi connectivity index (χ1v) is 12.4. The van der Waals surface area contributed by atoms with Gasteiger partial charge in [-0.15, -0.1) is 20.4 Å². The summed E-state index contributed by atoms with van der Waals surface area (Å²) < 4.78 is 7.93. The lowest BCUT2D eigenvalue weighted by atomic mass is 10.2. The van der Waals surface area contributed by atoms with Crippen LogP contribution < -0.4 is 5.32 Å². The Morgan fingerprint density at radius 3 is 2.50 bits per heavy atom. The number of aromatic nitrogens is 5. The molecule has 1 N–H and O–H groups in total. The van der Waals surface area contributed by atoms with Crippen LogP contribution in [-0.4, -0.2) is 43.7 Å². The Labute approximate surface area is 197 Å². The van der Waals surface area contributed by atoms with Crippen LogP contribution >= 0.6 is 34.9 Å². The van der Waals surface area contributed by atoms with Gasteiger partial charge in [-0.05, 0) is 17.7 Å². The van der Waals surface area contributed by atoms with E-state index in [9.17, 15) is 4.79 Å². The van der Waals surface area contributed by atoms with E-state index in [0.717, 1.165) is 15.8 Å². The monoisotopic (exact) mass is 484 g/mol. The molecule has 0 bridgehead atoms. The number of anilines is 1. The number of nitrogens with zero attached hydrogens (tertiary/aromatic N) is 5. The lowest BCUT2D eigenvalue weighted by Gasteiger charge is -2.09. The molecule has 0 saturated carbocycles. The van der Waals surface area contributed by atoms with E-state index in [1.54, 1.807) is 18.9 Å². The lowest BCUT2D eigenvalue weighted by Crippen LogP contribution is -2.14. The topological polar surface area (TPSA) is 94.8 Å². The van der Waals surface area contributed by atoms with Gasteiger partial charge in [-0.25, -0.2) is 0 Å². The number of nitrogens with one attached hydrogen (secondary N) is 1. The Balaban J connectivity index is 1.34. The van der Waals surface area contributed by atoms with Gasteiger partial charge in [0.25, 0.3) is 0 Å². The first-order valence-electron chi connectivity index (χ1n) is 9.64. The van der Waals surface area contributed by atoms with Crippen LogP contribution in [0, 0.1) is 0 Å². The molecule has 0 unspecified atom stereocenters. The highest BCUT2D eigenvalue weighted by atomic mass is 32.2. The standard InChI is InChI=1S/C21H20N6O2S3/c1-29-12-17-23-25-20(27(17)16-10-6-3-7-11-16)30-14-18(28)22-19-24-26-21(32-19)31-13-15-8-4-2-5-9-15/h2-11H,12-14H2,1H3,(H,22,24,28). The molecule has 4 rings (SSSR count). The van der Waals surface area contributed by atoms with E-state index >= 15 is 0 Å². The van der Waals surface area contributed by atoms with E-state index in [2.05, 4.69) is 37.8 Å². The number of benzene rings is 2. The van der Waals surface area contributed by atoms with E-state index in [0.29, 0.717) is 22.7 Å². The second kappa shape index (κ2) is 11.2. The fourth-order valence-corrected chi connectivity index (χ4v) is 5.27. The molecule has 8 nitrogen and oxygen atoms in total. The summed E-state index contributed by atoms with van der Waals surface area (Å²) >= 11 is 4.26. The minimum atomic E-state index is -0.179. The van der Waals surface area contributed by atoms with Crippen LogP contribution in [-0.2, 0) is 21.9 Å². The van der Waals surface area contributed by atoms with E-state index in [1.807, 2.05) is 53.1 Å². The van der Waals surface area contributed by atoms with Crippen LogP contribution in [0.4, 0.5) is 5.13 Å². The molecule has 0 aliphatic heterocycles. The van der Waals surface area contributed by atoms with Crippen molar-refractivity contribution in [2.24, 2.45) is 0 Å². The van der Waals surface area contributed by atoms with Gasteiger partial charge in [0.05, 0.1) is 5.75 Å². The third-order valence-electron chi connectivity index (χ3n) is 4.18. The normalized spacial score (nSPS) is 10.9. The SMILES string of the molecule is COCc1nnc(SCC(=O)Nc2nnc(SCc3ccccc3)s2)n1-c1ccccc1. The van der Waals surface area contributed by atoms with Crippen LogP contribution in [0.3, 0.4) is 0 Å². The first-order chi connectivity index (χ1) is 15.7. The number of hydrogen-bond acceptors (Lipinski definition) is 9. The number of thioether (sulfide) groups is 2. The van der Waals surface area contributed by atoms with Crippen molar-refractivity contribution in [3.8, 4) is 5.69 Å². The number of methoxy groups -OCH3 is 1. The molecule has 2 aromatic carbocycles. The molecule has 11 heteroatoms. The van der Waals surface area contributed by atoms with Crippen molar-refractivity contribution in [3.05, 3.63) is 72.1 Å². The van der Waals surface area contributed by atoms with Crippen LogP contribution in [0.5, 0.6) is 0 Å². The van der Waals surface area contributed by atoms with Gasteiger partial charge in [0.15, 0.2) is 15.3 Å². The molecule has 0 atom stereocenters. The van der Waals surface area contributed by atoms with Gasteiger partial charge in [0.1, 0.15) is 6.61 Å². The third-order valence-corrected chi connectivity index (χ3v) is 7.15. The van der Waals surface area contributed by atoms with E-state index in [1.165, 1.54) is 28.7 Å². The maximum atomic E-state index is 12.5. The molecule has 4 aromatic rings. The van der Waals surface area contributed by atoms with Gasteiger partial charge in [-0.2, -0.15) is 0 Å². The molecule has 2 aromatic heterocycles. The van der Waals surface area contributed by atoms with Gasteiger partial charge in [0, 0.05) is 18.6 Å². The molecule has 164 valence electrons. The van der Waals surface area contributed by atoms with Crippen molar-refractivity contribution < 1.29 is 9.53 Å². The number of ether oxygens (including phenoxy) is 1. The summed E-state index contributed by atoms with van der Waals surface area (Å²) in [4.78, 5) is 12.5. The summed E-state index contributed by atoms with van der Waals surface area (Å²) in [6, 6.07) is 19.9. The summed E-state index contributed by atoms with van der Waals surface area (Å²) in [6.07, 6.45) is 0. The zero-order valence-corrected chi connectivity index (χ0v) is 19.6. The number of rotatable bonds is 10. The quantitative estimate of drug-likeness (QED) is 0.263. The molecule has 0 aliphatic carbocycles. The van der Waals surface area contributed by atoms with Gasteiger partial charge in [-0.3, -0.25) is 14.7 Å². The number of carbonyl (C=O) groups excluding carboxylic acids is 1. The Kier molecular flexibility index (Phi) is 7.88. The molecular formula is C21H20N6O2S3. The number of hydrogen-bond donors (Lipinski definition) is 1. The van der Waals surface area contributed by atoms with Crippen LogP contribution in [0.2, 0.25) is 0 Å². The van der Waals surface area contributed by atoms with E-state index < -0.39 is 0 Å². The van der Waals surface area contributed by atoms with Gasteiger partial charge >= 0.3 is 0 Å². The molecule has 0 aliphatic rings. The van der Waals surface area contributed by atoms with Crippen molar-refractivity contribution in [1.82, 2.24) is 25.0 Å². The van der Waals surface area contributed by atoms with Gasteiger partial charge < -0.3 is 4.74 Å². The Bertz CT molecular complexity index is 1150. The average Bonchev–Trinajstić information content (AvgIpc) is 3.44. The lowest BCUT2D eigenvalue weighted by molar-refractivity contribution is -0.113. The summed E-state index contributed by atoms with van der Waals surface area (Å²) in [5.41, 5.74) is 2.13. The van der Waals surface area contributed by atoms with E-state index in [-0.39, 0.29) is 11.7 Å². The minimum absolute atomic E-state index is 0.171. The molecule has 32 heavy (non-hydrogen) atoms. The minimum Gasteiger partial charge on any atom is -0.377 e. The second-order valence-corrected chi connectivity index (χ2v) is 9.63. The summed E-state index contributed by atoms with van der Waals surface area (Å²) in [5.74, 6) is 1.47. The van der Waals surface area contributed by atoms with E-state index in [4.69, 9.17) is 4.74 Å². The highest BCUT2D eigenvalue weighted by molar-refractivity contribution is 8.00. The Morgan fingerprint density at radius 2 is 1.75 bits per heavy atom. The fourth-order valence-electron chi connectivity index (χ4n) is 2.78. The van der Waals surface area contributed by atoms with Crippen molar-refractivity contribution in [2.75, 3.05) is 18.2 Å². The van der Waals surface area contributed by atoms with Gasteiger partial charge in [-0.1, -0.05) is 83.4 Å². The fraction of sp³-hybridized carbons (Fsp3) is 0.190. The van der Waals surface area contributed by atoms with Crippen molar-refractivity contribution in [3.63, 3.8) is 0 Å². The predicted molar refractivity (Wildman–Crippen MR) is 127 cm³/mol. The molecular weight excluding hydrogens is 464 g/mol. The number of para-hydroxylation sites is 1. The molecule has 0 saturated heterocycles. The molecule has 0 spiro atoms. The molecule has 0 radical (unpaired) electrons. The van der Waals surface area contributed by atoms with Crippen LogP contribution in [0.25, 0.3) is 5.69 Å². The smallest absolute Gasteiger partial charge is 0.236 e. The highest BCUT2D eigenvalue weighted by Gasteiger charge is 2.16. The zero-order chi connectivity index (χ0) is 22.2. The zero-order valence-electron chi connectivity index (χ0n) is 17.2. The average molecular weight is 485 g/mol. The summed E-state index contributed by atoms with van der Waals surface area (Å²) in [6.45, 7) is 0.322. The Hall–Kier alpha value is -2.73. The molecule has 0 fully saturated rings. The summed E-state index contributed by atoms with van der Waals surface area (Å²) in [7, 11) is 1.61. The Morgan fingerprint density at radius 1 is 1.00 bits per heavy atom. The second-order valence-electron chi connectivity index (χ2n) is 6.49. The van der Waals surface area contributed by atoms with Crippen molar-refractivity contribution in [2.45, 2.75) is 21.9 Å². The number of amides is 1. The number of carbonyl (C=O) groups is 1. The maximum absolute atomic E-state index is 12.5.